The zero-order valence-corrected chi connectivity index (χ0v) is 12.7. The molecule has 0 atom stereocenters. The Morgan fingerprint density at radius 1 is 1.25 bits per heavy atom. The second-order valence-electron chi connectivity index (χ2n) is 4.30. The lowest BCUT2D eigenvalue weighted by molar-refractivity contribution is 0.102. The number of ether oxygens (including phenoxy) is 1. The Balaban J connectivity index is 2.21. The van der Waals surface area contributed by atoms with Gasteiger partial charge in [0.2, 0.25) is 0 Å². The van der Waals surface area contributed by atoms with Crippen LogP contribution in [-0.2, 0) is 0 Å². The molecule has 0 spiro atoms. The average Bonchev–Trinajstić information content (AvgIpc) is 2.43. The van der Waals surface area contributed by atoms with Crippen LogP contribution in [0, 0.1) is 6.92 Å². The lowest BCUT2D eigenvalue weighted by Crippen LogP contribution is -2.12. The third kappa shape index (κ3) is 3.11. The molecule has 1 amide bonds. The number of hydrogen-bond acceptors (Lipinski definition) is 3. The summed E-state index contributed by atoms with van der Waals surface area (Å²) in [6, 6.07) is 10.0. The van der Waals surface area contributed by atoms with E-state index in [1.807, 2.05) is 0 Å². The molecule has 0 radical (unpaired) electrons. The Kier molecular flexibility index (Phi) is 4.29. The van der Waals surface area contributed by atoms with E-state index in [4.69, 9.17) is 4.74 Å². The fourth-order valence-corrected chi connectivity index (χ4v) is 2.15. The molecule has 0 aliphatic heterocycles. The van der Waals surface area contributed by atoms with Crippen molar-refractivity contribution in [1.82, 2.24) is 0 Å². The summed E-state index contributed by atoms with van der Waals surface area (Å²) in [4.78, 5) is 12.1. The van der Waals surface area contributed by atoms with Crippen LogP contribution in [0.3, 0.4) is 0 Å². The Labute approximate surface area is 125 Å². The van der Waals surface area contributed by atoms with E-state index >= 15 is 0 Å². The molecule has 4 nitrogen and oxygen atoms in total. The Morgan fingerprint density at radius 2 is 2.00 bits per heavy atom. The first-order valence-corrected chi connectivity index (χ1v) is 6.75. The van der Waals surface area contributed by atoms with Gasteiger partial charge in [0.1, 0.15) is 11.5 Å². The molecule has 104 valence electrons. The van der Waals surface area contributed by atoms with Gasteiger partial charge in [-0.05, 0) is 58.7 Å². The smallest absolute Gasteiger partial charge is 0.255 e. The highest BCUT2D eigenvalue weighted by Crippen LogP contribution is 2.28. The number of benzene rings is 2. The predicted molar refractivity (Wildman–Crippen MR) is 81.5 cm³/mol. The van der Waals surface area contributed by atoms with Crippen LogP contribution >= 0.6 is 15.9 Å². The van der Waals surface area contributed by atoms with E-state index < -0.39 is 0 Å². The van der Waals surface area contributed by atoms with Gasteiger partial charge >= 0.3 is 0 Å². The number of anilines is 1. The van der Waals surface area contributed by atoms with Crippen molar-refractivity contribution in [3.8, 4) is 11.5 Å². The Morgan fingerprint density at radius 3 is 2.65 bits per heavy atom. The highest BCUT2D eigenvalue weighted by molar-refractivity contribution is 9.10. The minimum absolute atomic E-state index is 0.173. The molecule has 20 heavy (non-hydrogen) atoms. The summed E-state index contributed by atoms with van der Waals surface area (Å²) < 4.78 is 5.99. The first-order chi connectivity index (χ1) is 9.51. The van der Waals surface area contributed by atoms with Crippen LogP contribution < -0.4 is 10.1 Å². The van der Waals surface area contributed by atoms with E-state index in [1.165, 1.54) is 6.07 Å². The predicted octanol–water partition coefficient (Wildman–Crippen LogP) is 3.72. The van der Waals surface area contributed by atoms with Gasteiger partial charge in [-0.15, -0.1) is 0 Å². The molecule has 0 fully saturated rings. The molecule has 2 rings (SSSR count). The van der Waals surface area contributed by atoms with Gasteiger partial charge in [-0.25, -0.2) is 0 Å². The van der Waals surface area contributed by atoms with Gasteiger partial charge in [-0.2, -0.15) is 0 Å². The number of nitrogens with one attached hydrogen (secondary N) is 1. The highest BCUT2D eigenvalue weighted by Gasteiger charge is 2.09. The number of carbonyl (C=O) groups is 1. The number of halogens is 1. The summed E-state index contributed by atoms with van der Waals surface area (Å²) in [5, 5.41) is 12.2. The largest absolute Gasteiger partial charge is 0.508 e. The van der Waals surface area contributed by atoms with Crippen LogP contribution in [0.1, 0.15) is 15.9 Å². The van der Waals surface area contributed by atoms with Gasteiger partial charge in [0.25, 0.3) is 5.91 Å². The zero-order valence-electron chi connectivity index (χ0n) is 11.1. The fourth-order valence-electron chi connectivity index (χ4n) is 1.74. The number of aromatic hydroxyl groups is 1. The van der Waals surface area contributed by atoms with Crippen LogP contribution in [0.4, 0.5) is 5.69 Å². The SMILES string of the molecule is COc1cc(NC(=O)c2ccc(O)c(C)c2)ccc1Br. The molecule has 2 N–H and O–H groups in total. The van der Waals surface area contributed by atoms with E-state index in [9.17, 15) is 9.90 Å². The molecule has 0 saturated heterocycles. The van der Waals surface area contributed by atoms with Gasteiger partial charge in [0.05, 0.1) is 11.6 Å². The van der Waals surface area contributed by atoms with E-state index in [1.54, 1.807) is 44.4 Å². The van der Waals surface area contributed by atoms with E-state index in [0.29, 0.717) is 22.6 Å². The molecule has 5 heteroatoms. The van der Waals surface area contributed by atoms with Crippen LogP contribution in [0.15, 0.2) is 40.9 Å². The molecule has 0 saturated carbocycles. The second-order valence-corrected chi connectivity index (χ2v) is 5.16. The fraction of sp³-hybridized carbons (Fsp3) is 0.133. The molecule has 0 bridgehead atoms. The number of amides is 1. The minimum Gasteiger partial charge on any atom is -0.508 e. The summed E-state index contributed by atoms with van der Waals surface area (Å²) >= 11 is 3.35. The van der Waals surface area contributed by atoms with Gasteiger partial charge in [0.15, 0.2) is 0 Å². The molecule has 0 aliphatic rings. The molecular formula is C15H14BrNO3. The van der Waals surface area contributed by atoms with Crippen molar-refractivity contribution in [2.75, 3.05) is 12.4 Å². The number of aryl methyl sites for hydroxylation is 1. The van der Waals surface area contributed by atoms with Crippen molar-refractivity contribution in [3.05, 3.63) is 52.0 Å². The van der Waals surface area contributed by atoms with E-state index in [-0.39, 0.29) is 11.7 Å². The van der Waals surface area contributed by atoms with E-state index in [2.05, 4.69) is 21.2 Å². The summed E-state index contributed by atoms with van der Waals surface area (Å²) in [7, 11) is 1.56. The first-order valence-electron chi connectivity index (χ1n) is 5.96. The van der Waals surface area contributed by atoms with Crippen LogP contribution in [-0.4, -0.2) is 18.1 Å². The molecule has 0 aliphatic carbocycles. The summed E-state index contributed by atoms with van der Waals surface area (Å²) in [5.74, 6) is 0.578. The minimum atomic E-state index is -0.238. The summed E-state index contributed by atoms with van der Waals surface area (Å²) in [6.45, 7) is 1.74. The number of hydrogen-bond donors (Lipinski definition) is 2. The van der Waals surface area contributed by atoms with Crippen LogP contribution in [0.5, 0.6) is 11.5 Å². The molecule has 0 unspecified atom stereocenters. The lowest BCUT2D eigenvalue weighted by Gasteiger charge is -2.09. The van der Waals surface area contributed by atoms with Crippen LogP contribution in [0.2, 0.25) is 0 Å². The van der Waals surface area contributed by atoms with Gasteiger partial charge in [0, 0.05) is 17.3 Å². The zero-order chi connectivity index (χ0) is 14.7. The maximum atomic E-state index is 12.1. The van der Waals surface area contributed by atoms with Gasteiger partial charge < -0.3 is 15.2 Å². The lowest BCUT2D eigenvalue weighted by atomic mass is 10.1. The standard InChI is InChI=1S/C15H14BrNO3/c1-9-7-10(3-6-13(9)18)15(19)17-11-4-5-12(16)14(8-11)20-2/h3-8,18H,1-2H3,(H,17,19). The highest BCUT2D eigenvalue weighted by atomic mass is 79.9. The van der Waals surface area contributed by atoms with Crippen LogP contribution in [0.25, 0.3) is 0 Å². The van der Waals surface area contributed by atoms with E-state index in [0.717, 1.165) is 4.47 Å². The van der Waals surface area contributed by atoms with Crippen molar-refractivity contribution in [2.45, 2.75) is 6.92 Å². The van der Waals surface area contributed by atoms with Gasteiger partial charge in [-0.1, -0.05) is 0 Å². The Bertz CT molecular complexity index is 656. The third-order valence-electron chi connectivity index (χ3n) is 2.87. The third-order valence-corrected chi connectivity index (χ3v) is 3.52. The quantitative estimate of drug-likeness (QED) is 0.898. The summed E-state index contributed by atoms with van der Waals surface area (Å²) in [5.41, 5.74) is 1.79. The van der Waals surface area contributed by atoms with Gasteiger partial charge in [-0.3, -0.25) is 4.79 Å². The average molecular weight is 336 g/mol. The maximum Gasteiger partial charge on any atom is 0.255 e. The maximum absolute atomic E-state index is 12.1. The topological polar surface area (TPSA) is 58.6 Å². The van der Waals surface area contributed by atoms with Crippen molar-refractivity contribution in [2.24, 2.45) is 0 Å². The van der Waals surface area contributed by atoms with Crippen molar-refractivity contribution in [1.29, 1.82) is 0 Å². The molecule has 2 aromatic rings. The second kappa shape index (κ2) is 5.96. The van der Waals surface area contributed by atoms with Crippen molar-refractivity contribution < 1.29 is 14.6 Å². The molecular weight excluding hydrogens is 322 g/mol. The number of phenols is 1. The number of methoxy groups -OCH3 is 1. The van der Waals surface area contributed by atoms with Crippen molar-refractivity contribution in [3.63, 3.8) is 0 Å². The molecule has 0 aromatic heterocycles. The molecule has 2 aromatic carbocycles. The Hall–Kier alpha value is -2.01. The number of carbonyl (C=O) groups excluding carboxylic acids is 1. The first kappa shape index (κ1) is 14.4. The number of rotatable bonds is 3. The monoisotopic (exact) mass is 335 g/mol. The summed E-state index contributed by atoms with van der Waals surface area (Å²) in [6.07, 6.45) is 0. The molecule has 0 heterocycles. The van der Waals surface area contributed by atoms with Crippen molar-refractivity contribution >= 4 is 27.5 Å². The number of phenolic OH excluding ortho intramolecular Hbond substituents is 1. The normalized spacial score (nSPS) is 10.2.